The molecule has 1 aromatic heterocycles. The van der Waals surface area contributed by atoms with Crippen LogP contribution in [-0.2, 0) is 22.7 Å². The fraction of sp³-hybridized carbons (Fsp3) is 0.474. The topological polar surface area (TPSA) is 51.7 Å². The van der Waals surface area contributed by atoms with E-state index in [9.17, 15) is 4.79 Å². The molecule has 136 valence electrons. The van der Waals surface area contributed by atoms with Gasteiger partial charge in [0, 0.05) is 25.5 Å². The number of aryl methyl sites for hydroxylation is 2. The number of methoxy groups -OCH3 is 1. The molecule has 6 heteroatoms. The minimum absolute atomic E-state index is 0.109. The van der Waals surface area contributed by atoms with E-state index in [4.69, 9.17) is 9.47 Å². The summed E-state index contributed by atoms with van der Waals surface area (Å²) in [4.78, 5) is 18.4. The van der Waals surface area contributed by atoms with Crippen LogP contribution in [0.2, 0.25) is 0 Å². The van der Waals surface area contributed by atoms with Gasteiger partial charge in [0.2, 0.25) is 5.91 Å². The van der Waals surface area contributed by atoms with E-state index >= 15 is 0 Å². The minimum Gasteiger partial charge on any atom is -0.486 e. The van der Waals surface area contributed by atoms with Crippen molar-refractivity contribution in [1.29, 1.82) is 0 Å². The summed E-state index contributed by atoms with van der Waals surface area (Å²) in [5.41, 5.74) is 3.25. The van der Waals surface area contributed by atoms with Crippen LogP contribution in [0.5, 0.6) is 5.75 Å². The molecule has 0 atom stereocenters. The summed E-state index contributed by atoms with van der Waals surface area (Å²) in [6, 6.07) is 6.16. The van der Waals surface area contributed by atoms with E-state index in [0.29, 0.717) is 32.7 Å². The number of amides is 1. The smallest absolute Gasteiger partial charge is 0.222 e. The first-order chi connectivity index (χ1) is 12.0. The second kappa shape index (κ2) is 9.53. The first-order valence-electron chi connectivity index (χ1n) is 8.43. The molecule has 2 rings (SSSR count). The number of hydrogen-bond acceptors (Lipinski definition) is 5. The molecule has 0 saturated heterocycles. The average molecular weight is 362 g/mol. The van der Waals surface area contributed by atoms with E-state index in [-0.39, 0.29) is 5.91 Å². The Bertz CT molecular complexity index is 679. The Kier molecular flexibility index (Phi) is 7.40. The minimum atomic E-state index is 0.109. The van der Waals surface area contributed by atoms with Crippen molar-refractivity contribution < 1.29 is 14.3 Å². The summed E-state index contributed by atoms with van der Waals surface area (Å²) in [5, 5.41) is 2.90. The van der Waals surface area contributed by atoms with Crippen LogP contribution in [0.1, 0.15) is 35.2 Å². The second-order valence-corrected chi connectivity index (χ2v) is 6.95. The highest BCUT2D eigenvalue weighted by Crippen LogP contribution is 2.19. The summed E-state index contributed by atoms with van der Waals surface area (Å²) in [7, 11) is 1.64. The summed E-state index contributed by atoms with van der Waals surface area (Å²) in [6.07, 6.45) is 0.483. The van der Waals surface area contributed by atoms with Crippen molar-refractivity contribution in [3.63, 3.8) is 0 Å². The summed E-state index contributed by atoms with van der Waals surface area (Å²) < 4.78 is 10.9. The molecule has 0 bridgehead atoms. The van der Waals surface area contributed by atoms with Crippen molar-refractivity contribution in [3.05, 3.63) is 45.4 Å². The number of nitrogens with zero attached hydrogens (tertiary/aromatic N) is 2. The molecule has 1 amide bonds. The first kappa shape index (κ1) is 19.4. The number of aromatic nitrogens is 1. The van der Waals surface area contributed by atoms with E-state index in [1.807, 2.05) is 24.4 Å². The third-order valence-corrected chi connectivity index (χ3v) is 4.60. The van der Waals surface area contributed by atoms with Gasteiger partial charge >= 0.3 is 0 Å². The van der Waals surface area contributed by atoms with Gasteiger partial charge in [-0.25, -0.2) is 4.98 Å². The molecule has 5 nitrogen and oxygen atoms in total. The molecule has 0 radical (unpaired) electrons. The zero-order valence-electron chi connectivity index (χ0n) is 15.4. The monoisotopic (exact) mass is 362 g/mol. The number of benzene rings is 1. The molecule has 0 N–H and O–H groups in total. The Morgan fingerprint density at radius 1 is 1.24 bits per heavy atom. The lowest BCUT2D eigenvalue weighted by atomic mass is 10.1. The van der Waals surface area contributed by atoms with Crippen LogP contribution >= 0.6 is 11.3 Å². The standard InChI is InChI=1S/C19H26N2O3S/c1-5-19(22)21(6-7-23-4)11-16-13-25-18(20-16)12-24-17-9-14(2)8-15(3)10-17/h8-10,13H,5-7,11-12H2,1-4H3. The lowest BCUT2D eigenvalue weighted by molar-refractivity contribution is -0.132. The van der Waals surface area contributed by atoms with Crippen molar-refractivity contribution in [2.75, 3.05) is 20.3 Å². The molecule has 0 aliphatic rings. The highest BCUT2D eigenvalue weighted by molar-refractivity contribution is 7.09. The molecule has 25 heavy (non-hydrogen) atoms. The van der Waals surface area contributed by atoms with Gasteiger partial charge in [0.25, 0.3) is 0 Å². The fourth-order valence-electron chi connectivity index (χ4n) is 2.56. The van der Waals surface area contributed by atoms with E-state index in [0.717, 1.165) is 16.5 Å². The van der Waals surface area contributed by atoms with Crippen molar-refractivity contribution in [2.45, 2.75) is 40.3 Å². The maximum Gasteiger partial charge on any atom is 0.222 e. The molecule has 0 unspecified atom stereocenters. The maximum atomic E-state index is 12.0. The third kappa shape index (κ3) is 6.14. The molecule has 0 fully saturated rings. The van der Waals surface area contributed by atoms with Crippen LogP contribution < -0.4 is 4.74 Å². The van der Waals surface area contributed by atoms with E-state index < -0.39 is 0 Å². The number of thiazole rings is 1. The predicted molar refractivity (Wildman–Crippen MR) is 99.9 cm³/mol. The van der Waals surface area contributed by atoms with Crippen molar-refractivity contribution in [1.82, 2.24) is 9.88 Å². The summed E-state index contributed by atoms with van der Waals surface area (Å²) >= 11 is 1.56. The molecule has 0 spiro atoms. The third-order valence-electron chi connectivity index (χ3n) is 3.73. The number of ether oxygens (including phenoxy) is 2. The normalized spacial score (nSPS) is 10.7. The predicted octanol–water partition coefficient (Wildman–Crippen LogP) is 3.72. The number of rotatable bonds is 9. The van der Waals surface area contributed by atoms with Gasteiger partial charge in [-0.2, -0.15) is 0 Å². The highest BCUT2D eigenvalue weighted by Gasteiger charge is 2.14. The van der Waals surface area contributed by atoms with Gasteiger partial charge in [-0.15, -0.1) is 11.3 Å². The van der Waals surface area contributed by atoms with Crippen molar-refractivity contribution in [3.8, 4) is 5.75 Å². The SMILES string of the molecule is CCC(=O)N(CCOC)Cc1csc(COc2cc(C)cc(C)c2)n1. The van der Waals surface area contributed by atoms with Crippen molar-refractivity contribution >= 4 is 17.2 Å². The van der Waals surface area contributed by atoms with Crippen LogP contribution in [0.25, 0.3) is 0 Å². The average Bonchev–Trinajstić information content (AvgIpc) is 3.02. The van der Waals surface area contributed by atoms with E-state index in [1.54, 1.807) is 23.3 Å². The Hall–Kier alpha value is -1.92. The second-order valence-electron chi connectivity index (χ2n) is 6.01. The summed E-state index contributed by atoms with van der Waals surface area (Å²) in [6.45, 7) is 8.03. The number of carbonyl (C=O) groups is 1. The zero-order valence-corrected chi connectivity index (χ0v) is 16.2. The first-order valence-corrected chi connectivity index (χ1v) is 9.31. The van der Waals surface area contributed by atoms with Gasteiger partial charge in [0.1, 0.15) is 17.4 Å². The van der Waals surface area contributed by atoms with Crippen LogP contribution in [0, 0.1) is 13.8 Å². The van der Waals surface area contributed by atoms with Gasteiger partial charge in [-0.3, -0.25) is 4.79 Å². The maximum absolute atomic E-state index is 12.0. The van der Waals surface area contributed by atoms with Gasteiger partial charge in [-0.1, -0.05) is 13.0 Å². The number of carbonyl (C=O) groups excluding carboxylic acids is 1. The lowest BCUT2D eigenvalue weighted by Gasteiger charge is -2.20. The Balaban J connectivity index is 1.95. The van der Waals surface area contributed by atoms with Crippen LogP contribution in [-0.4, -0.2) is 36.1 Å². The molecule has 0 saturated carbocycles. The van der Waals surface area contributed by atoms with Gasteiger partial charge in [0.15, 0.2) is 0 Å². The van der Waals surface area contributed by atoms with Crippen LogP contribution in [0.4, 0.5) is 0 Å². The van der Waals surface area contributed by atoms with Gasteiger partial charge in [0.05, 0.1) is 18.8 Å². The fourth-order valence-corrected chi connectivity index (χ4v) is 3.26. The van der Waals surface area contributed by atoms with Crippen LogP contribution in [0.15, 0.2) is 23.6 Å². The van der Waals surface area contributed by atoms with Crippen molar-refractivity contribution in [2.24, 2.45) is 0 Å². The Morgan fingerprint density at radius 3 is 2.60 bits per heavy atom. The molecule has 2 aromatic rings. The Labute approximate surface area is 153 Å². The lowest BCUT2D eigenvalue weighted by Crippen LogP contribution is -2.33. The molecule has 0 aliphatic carbocycles. The highest BCUT2D eigenvalue weighted by atomic mass is 32.1. The molecule has 0 aliphatic heterocycles. The molecule has 1 heterocycles. The Morgan fingerprint density at radius 2 is 1.96 bits per heavy atom. The van der Waals surface area contributed by atoms with E-state index in [2.05, 4.69) is 24.9 Å². The largest absolute Gasteiger partial charge is 0.486 e. The number of hydrogen-bond donors (Lipinski definition) is 0. The van der Waals surface area contributed by atoms with Crippen LogP contribution in [0.3, 0.4) is 0 Å². The van der Waals surface area contributed by atoms with Gasteiger partial charge < -0.3 is 14.4 Å². The molecular weight excluding hydrogens is 336 g/mol. The molecule has 1 aromatic carbocycles. The molecular formula is C19H26N2O3S. The summed E-state index contributed by atoms with van der Waals surface area (Å²) in [5.74, 6) is 0.968. The zero-order chi connectivity index (χ0) is 18.2. The van der Waals surface area contributed by atoms with Gasteiger partial charge in [-0.05, 0) is 37.1 Å². The quantitative estimate of drug-likeness (QED) is 0.682. The van der Waals surface area contributed by atoms with E-state index in [1.165, 1.54) is 11.1 Å².